The lowest BCUT2D eigenvalue weighted by molar-refractivity contribution is -0.0220. The molecule has 0 fully saturated rings. The first-order chi connectivity index (χ1) is 5.49. The van der Waals surface area contributed by atoms with Crippen molar-refractivity contribution in [3.63, 3.8) is 0 Å². The highest BCUT2D eigenvalue weighted by molar-refractivity contribution is 4.63. The maximum atomic E-state index is 5.65. The normalized spacial score (nSPS) is 14.8. The summed E-state index contributed by atoms with van der Waals surface area (Å²) in [6, 6.07) is 0. The fourth-order valence-corrected chi connectivity index (χ4v) is 1.05. The molecule has 0 heterocycles. The Labute approximate surface area is 76.5 Å². The Kier molecular flexibility index (Phi) is 5.51. The molecule has 1 atom stereocenters. The van der Waals surface area contributed by atoms with Crippen LogP contribution in [-0.4, -0.2) is 18.8 Å². The van der Waals surface area contributed by atoms with E-state index in [9.17, 15) is 0 Å². The van der Waals surface area contributed by atoms with Gasteiger partial charge in [0.15, 0.2) is 0 Å². The summed E-state index contributed by atoms with van der Waals surface area (Å²) >= 11 is 0. The molecule has 2 nitrogen and oxygen atoms in total. The van der Waals surface area contributed by atoms with Crippen molar-refractivity contribution < 1.29 is 4.74 Å². The van der Waals surface area contributed by atoms with Gasteiger partial charge < -0.3 is 10.5 Å². The van der Waals surface area contributed by atoms with Gasteiger partial charge in [-0.05, 0) is 39.7 Å². The molecule has 0 saturated heterocycles. The quantitative estimate of drug-likeness (QED) is 0.691. The van der Waals surface area contributed by atoms with E-state index in [1.165, 1.54) is 12.8 Å². The molecule has 0 aromatic heterocycles. The van der Waals surface area contributed by atoms with Gasteiger partial charge in [-0.2, -0.15) is 0 Å². The van der Waals surface area contributed by atoms with Gasteiger partial charge in [0.1, 0.15) is 0 Å². The van der Waals surface area contributed by atoms with E-state index in [1.54, 1.807) is 0 Å². The molecule has 0 radical (unpaired) electrons. The Morgan fingerprint density at radius 2 is 1.92 bits per heavy atom. The zero-order chi connectivity index (χ0) is 9.61. The van der Waals surface area contributed by atoms with Gasteiger partial charge in [-0.15, -0.1) is 0 Å². The Morgan fingerprint density at radius 1 is 1.33 bits per heavy atom. The molecule has 0 aliphatic carbocycles. The summed E-state index contributed by atoms with van der Waals surface area (Å²) in [6.45, 7) is 9.95. The number of hydrogen-bond donors (Lipinski definition) is 1. The molecule has 0 unspecified atom stereocenters. The maximum Gasteiger partial charge on any atom is 0.0598 e. The lowest BCUT2D eigenvalue weighted by Gasteiger charge is -2.23. The van der Waals surface area contributed by atoms with E-state index in [0.29, 0.717) is 5.92 Å². The van der Waals surface area contributed by atoms with Crippen LogP contribution in [0.3, 0.4) is 0 Å². The Hall–Kier alpha value is -0.0800. The van der Waals surface area contributed by atoms with Crippen LogP contribution in [0.25, 0.3) is 0 Å². The van der Waals surface area contributed by atoms with Gasteiger partial charge in [0, 0.05) is 0 Å². The fourth-order valence-electron chi connectivity index (χ4n) is 1.05. The van der Waals surface area contributed by atoms with E-state index in [2.05, 4.69) is 27.7 Å². The van der Waals surface area contributed by atoms with Crippen molar-refractivity contribution in [3.05, 3.63) is 0 Å². The average Bonchev–Trinajstić information content (AvgIpc) is 1.96. The molecule has 12 heavy (non-hydrogen) atoms. The van der Waals surface area contributed by atoms with Gasteiger partial charge in [0.2, 0.25) is 0 Å². The zero-order valence-electron chi connectivity index (χ0n) is 8.89. The smallest absolute Gasteiger partial charge is 0.0598 e. The molecular formula is C10H23NO. The van der Waals surface area contributed by atoms with Crippen molar-refractivity contribution in [2.45, 2.75) is 46.1 Å². The van der Waals surface area contributed by atoms with Gasteiger partial charge >= 0.3 is 0 Å². The molecule has 0 rings (SSSR count). The number of nitrogens with two attached hydrogens (primary N) is 1. The summed E-state index contributed by atoms with van der Waals surface area (Å²) in [5.41, 5.74) is 5.58. The molecule has 0 aliphatic heterocycles. The fraction of sp³-hybridized carbons (Fsp3) is 1.00. The zero-order valence-corrected chi connectivity index (χ0v) is 8.89. The van der Waals surface area contributed by atoms with Crippen LogP contribution in [0.15, 0.2) is 0 Å². The van der Waals surface area contributed by atoms with Crippen LogP contribution in [0.2, 0.25) is 0 Å². The first kappa shape index (κ1) is 11.9. The predicted molar refractivity (Wildman–Crippen MR) is 53.2 cm³/mol. The Morgan fingerprint density at radius 3 is 2.25 bits per heavy atom. The average molecular weight is 173 g/mol. The number of rotatable bonds is 5. The summed E-state index contributed by atoms with van der Waals surface area (Å²) in [5, 5.41) is 0. The molecule has 2 N–H and O–H groups in total. The Balaban J connectivity index is 3.58. The van der Waals surface area contributed by atoms with Gasteiger partial charge in [-0.25, -0.2) is 0 Å². The molecule has 0 saturated carbocycles. The topological polar surface area (TPSA) is 35.2 Å². The summed E-state index contributed by atoms with van der Waals surface area (Å²) in [7, 11) is 0. The molecule has 0 bridgehead atoms. The number of hydrogen-bond acceptors (Lipinski definition) is 2. The minimum atomic E-state index is -0.0266. The molecule has 0 spiro atoms. The third-order valence-electron chi connectivity index (χ3n) is 1.78. The van der Waals surface area contributed by atoms with Crippen molar-refractivity contribution in [2.75, 3.05) is 13.2 Å². The predicted octanol–water partition coefficient (Wildman–Crippen LogP) is 2.18. The third kappa shape index (κ3) is 6.62. The summed E-state index contributed by atoms with van der Waals surface area (Å²) in [4.78, 5) is 0. The van der Waals surface area contributed by atoms with Crippen LogP contribution in [-0.2, 0) is 4.74 Å². The van der Waals surface area contributed by atoms with Crippen molar-refractivity contribution in [3.8, 4) is 0 Å². The van der Waals surface area contributed by atoms with Crippen LogP contribution in [0, 0.1) is 5.92 Å². The van der Waals surface area contributed by atoms with Gasteiger partial charge in [0.05, 0.1) is 12.2 Å². The highest BCUT2D eigenvalue weighted by Crippen LogP contribution is 2.12. The summed E-state index contributed by atoms with van der Waals surface area (Å²) < 4.78 is 5.65. The second-order valence-corrected chi connectivity index (χ2v) is 4.31. The highest BCUT2D eigenvalue weighted by atomic mass is 16.5. The largest absolute Gasteiger partial charge is 0.376 e. The first-order valence-electron chi connectivity index (χ1n) is 4.83. The second kappa shape index (κ2) is 5.55. The lowest BCUT2D eigenvalue weighted by atomic mass is 10.0. The maximum absolute atomic E-state index is 5.65. The Bertz CT molecular complexity index is 107. The van der Waals surface area contributed by atoms with Crippen molar-refractivity contribution in [2.24, 2.45) is 11.7 Å². The SMILES string of the molecule is CCC[C@@H](CN)COC(C)(C)C. The van der Waals surface area contributed by atoms with E-state index in [4.69, 9.17) is 10.5 Å². The first-order valence-corrected chi connectivity index (χ1v) is 4.83. The minimum absolute atomic E-state index is 0.0266. The highest BCUT2D eigenvalue weighted by Gasteiger charge is 2.13. The molecule has 0 aromatic carbocycles. The van der Waals surface area contributed by atoms with Crippen molar-refractivity contribution in [1.29, 1.82) is 0 Å². The minimum Gasteiger partial charge on any atom is -0.376 e. The van der Waals surface area contributed by atoms with Gasteiger partial charge in [-0.1, -0.05) is 13.3 Å². The van der Waals surface area contributed by atoms with Crippen LogP contribution in [0.1, 0.15) is 40.5 Å². The van der Waals surface area contributed by atoms with Gasteiger partial charge in [0.25, 0.3) is 0 Å². The second-order valence-electron chi connectivity index (χ2n) is 4.31. The summed E-state index contributed by atoms with van der Waals surface area (Å²) in [5.74, 6) is 0.536. The molecule has 0 amide bonds. The van der Waals surface area contributed by atoms with E-state index in [0.717, 1.165) is 13.2 Å². The van der Waals surface area contributed by atoms with E-state index >= 15 is 0 Å². The molecule has 0 aromatic rings. The van der Waals surface area contributed by atoms with Gasteiger partial charge in [-0.3, -0.25) is 0 Å². The third-order valence-corrected chi connectivity index (χ3v) is 1.78. The lowest BCUT2D eigenvalue weighted by Crippen LogP contribution is -2.27. The van der Waals surface area contributed by atoms with E-state index in [1.807, 2.05) is 0 Å². The van der Waals surface area contributed by atoms with E-state index < -0.39 is 0 Å². The monoisotopic (exact) mass is 173 g/mol. The molecule has 0 aliphatic rings. The van der Waals surface area contributed by atoms with Crippen LogP contribution in [0.4, 0.5) is 0 Å². The van der Waals surface area contributed by atoms with Crippen LogP contribution < -0.4 is 5.73 Å². The van der Waals surface area contributed by atoms with Crippen LogP contribution in [0.5, 0.6) is 0 Å². The summed E-state index contributed by atoms with van der Waals surface area (Å²) in [6.07, 6.45) is 2.36. The molecular weight excluding hydrogens is 150 g/mol. The van der Waals surface area contributed by atoms with Crippen molar-refractivity contribution in [1.82, 2.24) is 0 Å². The van der Waals surface area contributed by atoms with Crippen LogP contribution >= 0.6 is 0 Å². The standard InChI is InChI=1S/C10H23NO/c1-5-6-9(7-11)8-12-10(2,3)4/h9H,5-8,11H2,1-4H3/t9-/m0/s1. The molecule has 74 valence electrons. The van der Waals surface area contributed by atoms with Crippen molar-refractivity contribution >= 4 is 0 Å². The molecule has 2 heteroatoms. The van der Waals surface area contributed by atoms with E-state index in [-0.39, 0.29) is 5.60 Å². The number of ether oxygens (including phenoxy) is 1.